The fourth-order valence-corrected chi connectivity index (χ4v) is 1.98. The highest BCUT2D eigenvalue weighted by molar-refractivity contribution is 5.86. The molecule has 0 fully saturated rings. The zero-order valence-electron chi connectivity index (χ0n) is 12.9. The van der Waals surface area contributed by atoms with Crippen LogP contribution < -0.4 is 5.32 Å². The lowest BCUT2D eigenvalue weighted by Gasteiger charge is -2.25. The Morgan fingerprint density at radius 3 is 2.52 bits per heavy atom. The molecule has 0 aliphatic heterocycles. The van der Waals surface area contributed by atoms with E-state index in [-0.39, 0.29) is 24.2 Å². The summed E-state index contributed by atoms with van der Waals surface area (Å²) in [4.78, 5) is 23.5. The van der Waals surface area contributed by atoms with Crippen LogP contribution in [0.3, 0.4) is 0 Å². The number of nitrogens with one attached hydrogen (secondary N) is 1. The summed E-state index contributed by atoms with van der Waals surface area (Å²) >= 11 is 0. The van der Waals surface area contributed by atoms with Crippen LogP contribution in [0.4, 0.5) is 4.39 Å². The Morgan fingerprint density at radius 2 is 1.95 bits per heavy atom. The first-order valence-corrected chi connectivity index (χ1v) is 6.87. The summed E-state index contributed by atoms with van der Waals surface area (Å²) < 4.78 is 18.1. The minimum absolute atomic E-state index is 0.00174. The quantitative estimate of drug-likeness (QED) is 0.820. The number of esters is 1. The minimum atomic E-state index is -0.864. The van der Waals surface area contributed by atoms with E-state index in [9.17, 15) is 14.0 Å². The third-order valence-electron chi connectivity index (χ3n) is 3.29. The Bertz CT molecular complexity index is 514. The topological polar surface area (TPSA) is 55.4 Å². The van der Waals surface area contributed by atoms with Gasteiger partial charge in [-0.1, -0.05) is 32.0 Å². The van der Waals surface area contributed by atoms with Crippen molar-refractivity contribution in [1.29, 1.82) is 0 Å². The van der Waals surface area contributed by atoms with E-state index in [1.54, 1.807) is 39.0 Å². The van der Waals surface area contributed by atoms with Gasteiger partial charge in [0.2, 0.25) is 5.91 Å². The van der Waals surface area contributed by atoms with Crippen molar-refractivity contribution in [1.82, 2.24) is 5.32 Å². The third kappa shape index (κ3) is 5.17. The first-order chi connectivity index (χ1) is 9.76. The van der Waals surface area contributed by atoms with Crippen molar-refractivity contribution in [2.75, 3.05) is 7.11 Å². The van der Waals surface area contributed by atoms with Gasteiger partial charge in [-0.3, -0.25) is 9.59 Å². The first kappa shape index (κ1) is 17.1. The molecular formula is C16H22FNO3. The number of benzene rings is 1. The summed E-state index contributed by atoms with van der Waals surface area (Å²) in [5.74, 6) is -0.971. The Labute approximate surface area is 124 Å². The number of halogens is 1. The third-order valence-corrected chi connectivity index (χ3v) is 3.29. The van der Waals surface area contributed by atoms with Gasteiger partial charge < -0.3 is 10.1 Å². The summed E-state index contributed by atoms with van der Waals surface area (Å²) in [5, 5.41) is 2.81. The Balaban J connectivity index is 2.61. The van der Waals surface area contributed by atoms with Gasteiger partial charge in [-0.15, -0.1) is 0 Å². The Morgan fingerprint density at radius 1 is 1.33 bits per heavy atom. The van der Waals surface area contributed by atoms with Crippen LogP contribution in [0.15, 0.2) is 24.3 Å². The highest BCUT2D eigenvalue weighted by Gasteiger charge is 2.31. The monoisotopic (exact) mass is 295 g/mol. The van der Waals surface area contributed by atoms with Gasteiger partial charge >= 0.3 is 5.97 Å². The molecule has 1 amide bonds. The molecule has 0 radical (unpaired) electrons. The van der Waals surface area contributed by atoms with Crippen LogP contribution in [0, 0.1) is 11.2 Å². The van der Waals surface area contributed by atoms with Gasteiger partial charge in [0.05, 0.1) is 18.9 Å². The predicted molar refractivity (Wildman–Crippen MR) is 78.1 cm³/mol. The molecule has 0 bridgehead atoms. The standard InChI is InChI=1S/C16H22FNO3/c1-11(9-12-7-5-6-8-13(12)17)18-15(20)16(2,3)10-14(19)21-4/h5-8,11H,9-10H2,1-4H3,(H,18,20). The molecular weight excluding hydrogens is 273 g/mol. The van der Waals surface area contributed by atoms with Crippen molar-refractivity contribution < 1.29 is 18.7 Å². The smallest absolute Gasteiger partial charge is 0.306 e. The molecule has 1 unspecified atom stereocenters. The number of carbonyl (C=O) groups excluding carboxylic acids is 2. The number of ether oxygens (including phenoxy) is 1. The van der Waals surface area contributed by atoms with E-state index in [1.807, 2.05) is 0 Å². The van der Waals surface area contributed by atoms with Crippen LogP contribution in [0.25, 0.3) is 0 Å². The van der Waals surface area contributed by atoms with E-state index in [1.165, 1.54) is 13.2 Å². The molecule has 0 saturated heterocycles. The van der Waals surface area contributed by atoms with E-state index in [4.69, 9.17) is 0 Å². The van der Waals surface area contributed by atoms with E-state index < -0.39 is 11.4 Å². The number of hydrogen-bond acceptors (Lipinski definition) is 3. The predicted octanol–water partition coefficient (Wildman–Crippen LogP) is 2.46. The van der Waals surface area contributed by atoms with E-state index in [0.29, 0.717) is 12.0 Å². The van der Waals surface area contributed by atoms with Crippen molar-refractivity contribution in [3.05, 3.63) is 35.6 Å². The lowest BCUT2D eigenvalue weighted by Crippen LogP contribution is -2.43. The van der Waals surface area contributed by atoms with Crippen LogP contribution in [-0.4, -0.2) is 25.0 Å². The van der Waals surface area contributed by atoms with Crippen molar-refractivity contribution >= 4 is 11.9 Å². The van der Waals surface area contributed by atoms with Gasteiger partial charge in [0.15, 0.2) is 0 Å². The van der Waals surface area contributed by atoms with Gasteiger partial charge in [-0.05, 0) is 25.0 Å². The second-order valence-corrected chi connectivity index (χ2v) is 5.81. The zero-order chi connectivity index (χ0) is 16.0. The van der Waals surface area contributed by atoms with Crippen LogP contribution in [-0.2, 0) is 20.7 Å². The van der Waals surface area contributed by atoms with Crippen molar-refractivity contribution in [3.8, 4) is 0 Å². The van der Waals surface area contributed by atoms with Crippen molar-refractivity contribution in [2.45, 2.75) is 39.7 Å². The van der Waals surface area contributed by atoms with Crippen molar-refractivity contribution in [2.24, 2.45) is 5.41 Å². The molecule has 5 heteroatoms. The average Bonchev–Trinajstić information content (AvgIpc) is 2.40. The highest BCUT2D eigenvalue weighted by Crippen LogP contribution is 2.21. The fourth-order valence-electron chi connectivity index (χ4n) is 1.98. The van der Waals surface area contributed by atoms with Gasteiger partial charge in [0.1, 0.15) is 5.82 Å². The molecule has 1 atom stereocenters. The summed E-state index contributed by atoms with van der Waals surface area (Å²) in [6.45, 7) is 5.16. The molecule has 0 aliphatic carbocycles. The fraction of sp³-hybridized carbons (Fsp3) is 0.500. The maximum absolute atomic E-state index is 13.6. The van der Waals surface area contributed by atoms with E-state index in [2.05, 4.69) is 10.1 Å². The minimum Gasteiger partial charge on any atom is -0.469 e. The zero-order valence-corrected chi connectivity index (χ0v) is 12.9. The molecule has 116 valence electrons. The first-order valence-electron chi connectivity index (χ1n) is 6.87. The summed E-state index contributed by atoms with van der Waals surface area (Å²) in [6.07, 6.45) is 0.397. The van der Waals surface area contributed by atoms with Gasteiger partial charge in [-0.25, -0.2) is 4.39 Å². The molecule has 1 rings (SSSR count). The summed E-state index contributed by atoms with van der Waals surface area (Å²) in [6, 6.07) is 6.24. The Hall–Kier alpha value is -1.91. The molecule has 1 N–H and O–H groups in total. The lowest BCUT2D eigenvalue weighted by atomic mass is 9.88. The van der Waals surface area contributed by atoms with Crippen LogP contribution >= 0.6 is 0 Å². The highest BCUT2D eigenvalue weighted by atomic mass is 19.1. The van der Waals surface area contributed by atoms with Crippen LogP contribution in [0.2, 0.25) is 0 Å². The number of rotatable bonds is 6. The van der Waals surface area contributed by atoms with Gasteiger partial charge in [0.25, 0.3) is 0 Å². The Kier molecular flexibility index (Phi) is 5.88. The second kappa shape index (κ2) is 7.20. The maximum Gasteiger partial charge on any atom is 0.306 e. The SMILES string of the molecule is COC(=O)CC(C)(C)C(=O)NC(C)Cc1ccccc1F. The largest absolute Gasteiger partial charge is 0.469 e. The molecule has 0 heterocycles. The summed E-state index contributed by atoms with van der Waals surface area (Å²) in [7, 11) is 1.29. The second-order valence-electron chi connectivity index (χ2n) is 5.81. The molecule has 0 aliphatic rings. The number of carbonyl (C=O) groups is 2. The molecule has 21 heavy (non-hydrogen) atoms. The average molecular weight is 295 g/mol. The molecule has 1 aromatic carbocycles. The van der Waals surface area contributed by atoms with Gasteiger partial charge in [0, 0.05) is 6.04 Å². The van der Waals surface area contributed by atoms with Crippen molar-refractivity contribution in [3.63, 3.8) is 0 Å². The molecule has 0 aromatic heterocycles. The molecule has 0 spiro atoms. The molecule has 1 aromatic rings. The number of hydrogen-bond donors (Lipinski definition) is 1. The summed E-state index contributed by atoms with van der Waals surface area (Å²) in [5.41, 5.74) is -0.313. The molecule has 4 nitrogen and oxygen atoms in total. The van der Waals surface area contributed by atoms with Crippen LogP contribution in [0.5, 0.6) is 0 Å². The lowest BCUT2D eigenvalue weighted by molar-refractivity contribution is -0.147. The van der Waals surface area contributed by atoms with E-state index in [0.717, 1.165) is 0 Å². The maximum atomic E-state index is 13.6. The molecule has 0 saturated carbocycles. The normalized spacial score (nSPS) is 12.6. The van der Waals surface area contributed by atoms with E-state index >= 15 is 0 Å². The van der Waals surface area contributed by atoms with Crippen LogP contribution in [0.1, 0.15) is 32.8 Å². The van der Waals surface area contributed by atoms with Gasteiger partial charge in [-0.2, -0.15) is 0 Å². The number of amides is 1. The number of methoxy groups -OCH3 is 1.